The van der Waals surface area contributed by atoms with Crippen molar-refractivity contribution >= 4 is 6.03 Å². The number of carbonyl (C=O) groups is 1. The Labute approximate surface area is 183 Å². The maximum Gasteiger partial charge on any atom is 0.320 e. The molecule has 2 aliphatic rings. The fraction of sp³-hybridized carbons (Fsp3) is 0.565. The molecule has 1 saturated carbocycles. The number of H-pyrrole nitrogens is 1. The van der Waals surface area contributed by atoms with Gasteiger partial charge in [-0.05, 0) is 53.5 Å². The molecule has 2 fully saturated rings. The number of likely N-dealkylation sites (N-methyl/N-ethyl adjacent to an activating group) is 1. The van der Waals surface area contributed by atoms with E-state index >= 15 is 0 Å². The summed E-state index contributed by atoms with van der Waals surface area (Å²) in [7, 11) is 1.85. The second-order valence-electron chi connectivity index (χ2n) is 9.02. The third kappa shape index (κ3) is 5.70. The van der Waals surface area contributed by atoms with Crippen molar-refractivity contribution in [3.63, 3.8) is 0 Å². The number of aliphatic hydroxyl groups is 1. The van der Waals surface area contributed by atoms with Crippen LogP contribution in [-0.4, -0.2) is 73.8 Å². The number of urea groups is 1. The first kappa shape index (κ1) is 21.5. The van der Waals surface area contributed by atoms with Crippen LogP contribution in [0.2, 0.25) is 0 Å². The molecular weight excluding hydrogens is 392 g/mol. The number of nitrogens with zero attached hydrogens (tertiary/aromatic N) is 5. The van der Waals surface area contributed by atoms with E-state index in [1.165, 1.54) is 12.8 Å². The number of amides is 2. The van der Waals surface area contributed by atoms with Crippen molar-refractivity contribution in [1.82, 2.24) is 30.4 Å². The number of tetrazole rings is 1. The van der Waals surface area contributed by atoms with Crippen LogP contribution in [0.5, 0.6) is 0 Å². The van der Waals surface area contributed by atoms with Crippen LogP contribution in [-0.2, 0) is 12.8 Å². The number of hydrogen-bond acceptors (Lipinski definition) is 5. The Morgan fingerprint density at radius 2 is 2.10 bits per heavy atom. The molecule has 4 rings (SSSR count). The molecule has 0 bridgehead atoms. The molecule has 2 atom stereocenters. The number of benzene rings is 1. The highest BCUT2D eigenvalue weighted by molar-refractivity contribution is 5.77. The number of hydrogen-bond donors (Lipinski definition) is 2. The van der Waals surface area contributed by atoms with Gasteiger partial charge in [-0.2, -0.15) is 0 Å². The Balaban J connectivity index is 1.28. The van der Waals surface area contributed by atoms with Crippen molar-refractivity contribution < 1.29 is 9.90 Å². The van der Waals surface area contributed by atoms with E-state index in [9.17, 15) is 9.90 Å². The van der Waals surface area contributed by atoms with Gasteiger partial charge in [-0.15, -0.1) is 5.10 Å². The molecule has 1 unspecified atom stereocenters. The van der Waals surface area contributed by atoms with Crippen LogP contribution in [0.1, 0.15) is 43.5 Å². The topological polar surface area (TPSA) is 98.2 Å². The number of rotatable bonds is 11. The third-order valence-electron chi connectivity index (χ3n) is 6.63. The van der Waals surface area contributed by atoms with E-state index < -0.39 is 6.10 Å². The average molecular weight is 425 g/mol. The second-order valence-corrected chi connectivity index (χ2v) is 9.02. The van der Waals surface area contributed by atoms with Crippen LogP contribution in [0.25, 0.3) is 0 Å². The fourth-order valence-corrected chi connectivity index (χ4v) is 4.50. The minimum atomic E-state index is -0.550. The summed E-state index contributed by atoms with van der Waals surface area (Å²) >= 11 is 0. The molecule has 2 heterocycles. The molecule has 1 saturated heterocycles. The average Bonchev–Trinajstić information content (AvgIpc) is 3.22. The predicted molar refractivity (Wildman–Crippen MR) is 117 cm³/mol. The van der Waals surface area contributed by atoms with Gasteiger partial charge in [0.05, 0.1) is 12.1 Å². The Bertz CT molecular complexity index is 865. The standard InChI is InChI=1S/C23H32N6O2/c1-28-17-19(9-10-20(30)16-18-6-3-2-4-7-18)29(22(28)31)15-14-23(12-13-23)11-5-8-21-24-26-27-25-21/h2-4,6-7,9-10,19-20,30H,5,8,11-17H2,1H3,(H,24,25,26,27)/b10-9+/t19-,20?/m0/s1. The van der Waals surface area contributed by atoms with Crippen molar-refractivity contribution in [2.45, 2.75) is 57.1 Å². The number of aromatic amines is 1. The summed E-state index contributed by atoms with van der Waals surface area (Å²) in [6, 6.07) is 10.1. The normalized spacial score (nSPS) is 21.2. The zero-order valence-corrected chi connectivity index (χ0v) is 18.2. The third-order valence-corrected chi connectivity index (χ3v) is 6.63. The summed E-state index contributed by atoms with van der Waals surface area (Å²) in [5, 5.41) is 24.4. The van der Waals surface area contributed by atoms with Crippen molar-refractivity contribution in [3.8, 4) is 0 Å². The Morgan fingerprint density at radius 1 is 1.29 bits per heavy atom. The quantitative estimate of drug-likeness (QED) is 0.540. The smallest absolute Gasteiger partial charge is 0.320 e. The van der Waals surface area contributed by atoms with Gasteiger partial charge >= 0.3 is 6.03 Å². The van der Waals surface area contributed by atoms with Gasteiger partial charge in [-0.1, -0.05) is 42.5 Å². The van der Waals surface area contributed by atoms with E-state index in [-0.39, 0.29) is 12.1 Å². The first-order valence-corrected chi connectivity index (χ1v) is 11.2. The first-order valence-electron chi connectivity index (χ1n) is 11.2. The summed E-state index contributed by atoms with van der Waals surface area (Å²) in [6.45, 7) is 1.43. The highest BCUT2D eigenvalue weighted by atomic mass is 16.3. The number of aromatic nitrogens is 4. The molecule has 1 aliphatic heterocycles. The lowest BCUT2D eigenvalue weighted by molar-refractivity contribution is 0.189. The molecule has 1 aromatic carbocycles. The number of carbonyl (C=O) groups excluding carboxylic acids is 1. The minimum absolute atomic E-state index is 0.0130. The van der Waals surface area contributed by atoms with Crippen LogP contribution in [0.4, 0.5) is 4.79 Å². The minimum Gasteiger partial charge on any atom is -0.389 e. The van der Waals surface area contributed by atoms with Gasteiger partial charge in [0.25, 0.3) is 0 Å². The van der Waals surface area contributed by atoms with Gasteiger partial charge in [0.1, 0.15) is 5.82 Å². The number of aryl methyl sites for hydroxylation is 1. The zero-order chi connectivity index (χ0) is 21.7. The SMILES string of the molecule is CN1C[C@H](/C=C/C(O)Cc2ccccc2)N(CCC2(CCCc3nnn[nH]3)CC2)C1=O. The summed E-state index contributed by atoms with van der Waals surface area (Å²) in [5.74, 6) is 0.839. The molecule has 2 aromatic rings. The van der Waals surface area contributed by atoms with E-state index in [1.807, 2.05) is 54.4 Å². The molecule has 31 heavy (non-hydrogen) atoms. The lowest BCUT2D eigenvalue weighted by Gasteiger charge is -2.24. The van der Waals surface area contributed by atoms with Crippen LogP contribution in [0, 0.1) is 5.41 Å². The number of aliphatic hydroxyl groups excluding tert-OH is 1. The van der Waals surface area contributed by atoms with Crippen molar-refractivity contribution in [2.75, 3.05) is 20.1 Å². The van der Waals surface area contributed by atoms with Gasteiger partial charge in [0, 0.05) is 33.0 Å². The van der Waals surface area contributed by atoms with Crippen molar-refractivity contribution in [3.05, 3.63) is 53.9 Å². The maximum atomic E-state index is 12.7. The maximum absolute atomic E-state index is 12.7. The summed E-state index contributed by atoms with van der Waals surface area (Å²) in [4.78, 5) is 16.4. The molecule has 0 radical (unpaired) electrons. The molecule has 166 valence electrons. The van der Waals surface area contributed by atoms with Crippen LogP contribution in [0.3, 0.4) is 0 Å². The van der Waals surface area contributed by atoms with Gasteiger partial charge in [-0.25, -0.2) is 9.89 Å². The van der Waals surface area contributed by atoms with Crippen LogP contribution < -0.4 is 0 Å². The predicted octanol–water partition coefficient (Wildman–Crippen LogP) is 2.59. The summed E-state index contributed by atoms with van der Waals surface area (Å²) in [6.07, 6.45) is 10.4. The molecule has 1 aromatic heterocycles. The molecule has 2 amide bonds. The molecule has 8 heteroatoms. The largest absolute Gasteiger partial charge is 0.389 e. The highest BCUT2D eigenvalue weighted by Crippen LogP contribution is 2.53. The number of nitrogens with one attached hydrogen (secondary N) is 1. The molecule has 8 nitrogen and oxygen atoms in total. The van der Waals surface area contributed by atoms with E-state index in [2.05, 4.69) is 20.6 Å². The Hall–Kier alpha value is -2.74. The van der Waals surface area contributed by atoms with E-state index in [0.29, 0.717) is 18.4 Å². The fourth-order valence-electron chi connectivity index (χ4n) is 4.50. The Kier molecular flexibility index (Phi) is 6.65. The lowest BCUT2D eigenvalue weighted by Crippen LogP contribution is -2.35. The second kappa shape index (κ2) is 9.60. The zero-order valence-electron chi connectivity index (χ0n) is 18.2. The van der Waals surface area contributed by atoms with Crippen molar-refractivity contribution in [1.29, 1.82) is 0 Å². The van der Waals surface area contributed by atoms with Gasteiger partial charge in [0.2, 0.25) is 0 Å². The van der Waals surface area contributed by atoms with E-state index in [0.717, 1.165) is 43.6 Å². The first-order chi connectivity index (χ1) is 15.0. The van der Waals surface area contributed by atoms with E-state index in [4.69, 9.17) is 0 Å². The molecule has 1 aliphatic carbocycles. The summed E-state index contributed by atoms with van der Waals surface area (Å²) in [5.41, 5.74) is 1.46. The molecule has 2 N–H and O–H groups in total. The van der Waals surface area contributed by atoms with Crippen LogP contribution >= 0.6 is 0 Å². The lowest BCUT2D eigenvalue weighted by atomic mass is 9.94. The molecule has 0 spiro atoms. The van der Waals surface area contributed by atoms with E-state index in [1.54, 1.807) is 4.90 Å². The highest BCUT2D eigenvalue weighted by Gasteiger charge is 2.43. The Morgan fingerprint density at radius 3 is 2.81 bits per heavy atom. The van der Waals surface area contributed by atoms with Crippen molar-refractivity contribution in [2.24, 2.45) is 5.41 Å². The van der Waals surface area contributed by atoms with Gasteiger partial charge in [-0.3, -0.25) is 0 Å². The van der Waals surface area contributed by atoms with Gasteiger partial charge < -0.3 is 14.9 Å². The van der Waals surface area contributed by atoms with Crippen LogP contribution in [0.15, 0.2) is 42.5 Å². The monoisotopic (exact) mass is 424 g/mol. The van der Waals surface area contributed by atoms with Gasteiger partial charge in [0.15, 0.2) is 0 Å². The molecular formula is C23H32N6O2. The summed E-state index contributed by atoms with van der Waals surface area (Å²) < 4.78 is 0.